The van der Waals surface area contributed by atoms with Gasteiger partial charge in [-0.25, -0.2) is 0 Å². The molecule has 0 heterocycles. The van der Waals surface area contributed by atoms with E-state index in [1.165, 1.54) is 12.1 Å². The number of benzene rings is 1. The standard InChI is InChI=1S/C14H18BrF3N2O/c1-3-10(4-2)20(8-14(16,17)18)13(21)11-7-9(15)5-6-12(11)19/h5-7,10H,3-4,8,19H2,1-2H3. The minimum absolute atomic E-state index is 0.0838. The number of amides is 1. The number of anilines is 1. The molecule has 0 saturated heterocycles. The van der Waals surface area contributed by atoms with Crippen LogP contribution in [0.25, 0.3) is 0 Å². The van der Waals surface area contributed by atoms with E-state index in [4.69, 9.17) is 5.73 Å². The molecule has 0 aliphatic carbocycles. The highest BCUT2D eigenvalue weighted by Crippen LogP contribution is 2.25. The summed E-state index contributed by atoms with van der Waals surface area (Å²) in [7, 11) is 0. The Labute approximate surface area is 130 Å². The van der Waals surface area contributed by atoms with Gasteiger partial charge in [-0.15, -0.1) is 0 Å². The van der Waals surface area contributed by atoms with Crippen molar-refractivity contribution in [3.05, 3.63) is 28.2 Å². The van der Waals surface area contributed by atoms with E-state index < -0.39 is 24.7 Å². The predicted molar refractivity (Wildman–Crippen MR) is 80.0 cm³/mol. The molecule has 3 nitrogen and oxygen atoms in total. The van der Waals surface area contributed by atoms with Gasteiger partial charge >= 0.3 is 6.18 Å². The van der Waals surface area contributed by atoms with Crippen LogP contribution in [0.1, 0.15) is 37.0 Å². The quantitative estimate of drug-likeness (QED) is 0.792. The van der Waals surface area contributed by atoms with Crippen LogP contribution in [-0.2, 0) is 0 Å². The maximum Gasteiger partial charge on any atom is 0.406 e. The highest BCUT2D eigenvalue weighted by Gasteiger charge is 2.36. The molecule has 0 fully saturated rings. The third kappa shape index (κ3) is 4.91. The minimum atomic E-state index is -4.45. The Morgan fingerprint density at radius 2 is 1.90 bits per heavy atom. The highest BCUT2D eigenvalue weighted by molar-refractivity contribution is 9.10. The normalized spacial score (nSPS) is 11.8. The predicted octanol–water partition coefficient (Wildman–Crippen LogP) is 4.22. The topological polar surface area (TPSA) is 46.3 Å². The third-order valence-corrected chi connectivity index (χ3v) is 3.73. The van der Waals surface area contributed by atoms with Crippen LogP contribution in [0.5, 0.6) is 0 Å². The van der Waals surface area contributed by atoms with Gasteiger partial charge in [0.15, 0.2) is 0 Å². The number of carbonyl (C=O) groups excluding carboxylic acids is 1. The van der Waals surface area contributed by atoms with Gasteiger partial charge in [-0.05, 0) is 31.0 Å². The second kappa shape index (κ2) is 7.15. The van der Waals surface area contributed by atoms with E-state index in [0.29, 0.717) is 17.3 Å². The summed E-state index contributed by atoms with van der Waals surface area (Å²) in [5.41, 5.74) is 5.98. The lowest BCUT2D eigenvalue weighted by atomic mass is 10.1. The molecular formula is C14H18BrF3N2O. The first kappa shape index (κ1) is 17.8. The Kier molecular flexibility index (Phi) is 6.07. The van der Waals surface area contributed by atoms with Crippen LogP contribution in [0.2, 0.25) is 0 Å². The summed E-state index contributed by atoms with van der Waals surface area (Å²) in [6, 6.07) is 4.11. The van der Waals surface area contributed by atoms with Crippen molar-refractivity contribution in [2.75, 3.05) is 12.3 Å². The summed E-state index contributed by atoms with van der Waals surface area (Å²) in [5, 5.41) is 0. The zero-order valence-corrected chi connectivity index (χ0v) is 13.5. The van der Waals surface area contributed by atoms with Crippen LogP contribution < -0.4 is 5.73 Å². The van der Waals surface area contributed by atoms with E-state index in [1.54, 1.807) is 19.9 Å². The molecule has 118 valence electrons. The second-order valence-corrected chi connectivity index (χ2v) is 5.67. The number of nitrogens with two attached hydrogens (primary N) is 1. The molecule has 1 rings (SSSR count). The molecule has 0 spiro atoms. The SMILES string of the molecule is CCC(CC)N(CC(F)(F)F)C(=O)c1cc(Br)ccc1N. The highest BCUT2D eigenvalue weighted by atomic mass is 79.9. The van der Waals surface area contributed by atoms with Crippen LogP contribution in [0.15, 0.2) is 22.7 Å². The van der Waals surface area contributed by atoms with Gasteiger partial charge in [-0.3, -0.25) is 4.79 Å². The number of nitrogens with zero attached hydrogens (tertiary/aromatic N) is 1. The maximum absolute atomic E-state index is 12.8. The summed E-state index contributed by atoms with van der Waals surface area (Å²) < 4.78 is 38.9. The molecule has 0 radical (unpaired) electrons. The molecule has 0 aliphatic rings. The number of hydrogen-bond acceptors (Lipinski definition) is 2. The number of alkyl halides is 3. The fraction of sp³-hybridized carbons (Fsp3) is 0.500. The first-order valence-corrected chi connectivity index (χ1v) is 7.41. The molecule has 0 unspecified atom stereocenters. The number of nitrogen functional groups attached to an aromatic ring is 1. The number of rotatable bonds is 5. The zero-order valence-electron chi connectivity index (χ0n) is 11.9. The van der Waals surface area contributed by atoms with E-state index in [1.807, 2.05) is 0 Å². The van der Waals surface area contributed by atoms with Gasteiger partial charge in [0.1, 0.15) is 6.54 Å². The minimum Gasteiger partial charge on any atom is -0.398 e. The van der Waals surface area contributed by atoms with Crippen LogP contribution in [-0.4, -0.2) is 29.6 Å². The fourth-order valence-corrected chi connectivity index (χ4v) is 2.52. The van der Waals surface area contributed by atoms with Gasteiger partial charge in [0.25, 0.3) is 5.91 Å². The van der Waals surface area contributed by atoms with Crippen molar-refractivity contribution in [3.63, 3.8) is 0 Å². The smallest absolute Gasteiger partial charge is 0.398 e. The van der Waals surface area contributed by atoms with Gasteiger partial charge < -0.3 is 10.6 Å². The molecule has 0 aliphatic heterocycles. The summed E-state index contributed by atoms with van der Waals surface area (Å²) in [5.74, 6) is -0.695. The zero-order chi connectivity index (χ0) is 16.2. The molecule has 7 heteroatoms. The van der Waals surface area contributed by atoms with Crippen LogP contribution in [0, 0.1) is 0 Å². The average molecular weight is 367 g/mol. The van der Waals surface area contributed by atoms with Crippen molar-refractivity contribution in [2.24, 2.45) is 0 Å². The van der Waals surface area contributed by atoms with Crippen molar-refractivity contribution in [2.45, 2.75) is 38.9 Å². The van der Waals surface area contributed by atoms with E-state index in [9.17, 15) is 18.0 Å². The first-order chi connectivity index (χ1) is 9.69. The summed E-state index contributed by atoms with van der Waals surface area (Å²) in [6.45, 7) is 2.24. The molecular weight excluding hydrogens is 349 g/mol. The van der Waals surface area contributed by atoms with Crippen LogP contribution in [0.3, 0.4) is 0 Å². The third-order valence-electron chi connectivity index (χ3n) is 3.24. The molecule has 0 saturated carbocycles. The fourth-order valence-electron chi connectivity index (χ4n) is 2.16. The first-order valence-electron chi connectivity index (χ1n) is 6.62. The van der Waals surface area contributed by atoms with Gasteiger partial charge in [-0.1, -0.05) is 29.8 Å². The van der Waals surface area contributed by atoms with Gasteiger partial charge in [0.2, 0.25) is 0 Å². The number of carbonyl (C=O) groups is 1. The molecule has 2 N–H and O–H groups in total. The van der Waals surface area contributed by atoms with E-state index in [0.717, 1.165) is 4.90 Å². The van der Waals surface area contributed by atoms with E-state index >= 15 is 0 Å². The van der Waals surface area contributed by atoms with Gasteiger partial charge in [0.05, 0.1) is 5.56 Å². The Bertz CT molecular complexity index is 501. The lowest BCUT2D eigenvalue weighted by Crippen LogP contribution is -2.45. The Morgan fingerprint density at radius 1 is 1.33 bits per heavy atom. The average Bonchev–Trinajstić information content (AvgIpc) is 2.39. The largest absolute Gasteiger partial charge is 0.406 e. The Hall–Kier alpha value is -1.24. The molecule has 21 heavy (non-hydrogen) atoms. The number of halogens is 4. The summed E-state index contributed by atoms with van der Waals surface area (Å²) in [4.78, 5) is 13.3. The van der Waals surface area contributed by atoms with Gasteiger partial charge in [0, 0.05) is 16.2 Å². The van der Waals surface area contributed by atoms with Crippen LogP contribution in [0.4, 0.5) is 18.9 Å². The Morgan fingerprint density at radius 3 is 2.38 bits per heavy atom. The summed E-state index contributed by atoms with van der Waals surface area (Å²) in [6.07, 6.45) is -3.54. The van der Waals surface area contributed by atoms with Crippen LogP contribution >= 0.6 is 15.9 Å². The lowest BCUT2D eigenvalue weighted by Gasteiger charge is -2.31. The monoisotopic (exact) mass is 366 g/mol. The molecule has 1 aromatic carbocycles. The van der Waals surface area contributed by atoms with Crippen molar-refractivity contribution in [1.82, 2.24) is 4.90 Å². The molecule has 1 aromatic rings. The number of hydrogen-bond donors (Lipinski definition) is 1. The van der Waals surface area contributed by atoms with Crippen molar-refractivity contribution >= 4 is 27.5 Å². The summed E-state index contributed by atoms with van der Waals surface area (Å²) >= 11 is 3.20. The molecule has 0 atom stereocenters. The van der Waals surface area contributed by atoms with Crippen molar-refractivity contribution in [3.8, 4) is 0 Å². The van der Waals surface area contributed by atoms with Crippen molar-refractivity contribution in [1.29, 1.82) is 0 Å². The molecule has 0 aromatic heterocycles. The van der Waals surface area contributed by atoms with E-state index in [-0.39, 0.29) is 11.3 Å². The molecule has 1 amide bonds. The lowest BCUT2D eigenvalue weighted by molar-refractivity contribution is -0.144. The van der Waals surface area contributed by atoms with E-state index in [2.05, 4.69) is 15.9 Å². The van der Waals surface area contributed by atoms with Crippen molar-refractivity contribution < 1.29 is 18.0 Å². The maximum atomic E-state index is 12.8. The second-order valence-electron chi connectivity index (χ2n) is 4.75. The molecule has 0 bridgehead atoms. The Balaban J connectivity index is 3.18. The van der Waals surface area contributed by atoms with Gasteiger partial charge in [-0.2, -0.15) is 13.2 Å².